The van der Waals surface area contributed by atoms with E-state index in [4.69, 9.17) is 4.74 Å². The highest BCUT2D eigenvalue weighted by atomic mass is 19.1. The maximum absolute atomic E-state index is 13.3. The predicted octanol–water partition coefficient (Wildman–Crippen LogP) is 2.22. The first-order valence-electron chi connectivity index (χ1n) is 5.42. The number of aryl methyl sites for hydroxylation is 1. The SMILES string of the molecule is CCc1cc(F)cc(N2CCOCC2)c1. The van der Waals surface area contributed by atoms with Crippen LogP contribution in [0.2, 0.25) is 0 Å². The Morgan fingerprint density at radius 2 is 2.00 bits per heavy atom. The Morgan fingerprint density at radius 1 is 1.27 bits per heavy atom. The van der Waals surface area contributed by atoms with E-state index in [0.29, 0.717) is 0 Å². The molecule has 0 amide bonds. The van der Waals surface area contributed by atoms with Gasteiger partial charge in [0.2, 0.25) is 0 Å². The fourth-order valence-corrected chi connectivity index (χ4v) is 1.84. The quantitative estimate of drug-likeness (QED) is 0.740. The van der Waals surface area contributed by atoms with Crippen molar-refractivity contribution >= 4 is 5.69 Å². The summed E-state index contributed by atoms with van der Waals surface area (Å²) in [5, 5.41) is 0. The van der Waals surface area contributed by atoms with E-state index in [1.54, 1.807) is 12.1 Å². The number of hydrogen-bond donors (Lipinski definition) is 0. The topological polar surface area (TPSA) is 12.5 Å². The molecule has 1 heterocycles. The minimum atomic E-state index is -0.143. The molecule has 0 N–H and O–H groups in total. The largest absolute Gasteiger partial charge is 0.378 e. The van der Waals surface area contributed by atoms with Crippen LogP contribution < -0.4 is 4.90 Å². The molecule has 0 atom stereocenters. The maximum Gasteiger partial charge on any atom is 0.125 e. The van der Waals surface area contributed by atoms with Crippen LogP contribution >= 0.6 is 0 Å². The second kappa shape index (κ2) is 4.62. The summed E-state index contributed by atoms with van der Waals surface area (Å²) in [5.41, 5.74) is 2.03. The third-order valence-electron chi connectivity index (χ3n) is 2.73. The highest BCUT2D eigenvalue weighted by Gasteiger charge is 2.12. The molecule has 1 fully saturated rings. The Labute approximate surface area is 89.7 Å². The van der Waals surface area contributed by atoms with Crippen LogP contribution in [-0.2, 0) is 11.2 Å². The van der Waals surface area contributed by atoms with Crippen LogP contribution in [0.4, 0.5) is 10.1 Å². The molecule has 0 spiro atoms. The van der Waals surface area contributed by atoms with E-state index >= 15 is 0 Å². The van der Waals surface area contributed by atoms with Gasteiger partial charge in [-0.05, 0) is 30.2 Å². The third kappa shape index (κ3) is 2.48. The van der Waals surface area contributed by atoms with Gasteiger partial charge in [-0.2, -0.15) is 0 Å². The van der Waals surface area contributed by atoms with Crippen molar-refractivity contribution in [3.8, 4) is 0 Å². The summed E-state index contributed by atoms with van der Waals surface area (Å²) in [6, 6.07) is 5.27. The molecule has 0 saturated carbocycles. The number of morpholine rings is 1. The van der Waals surface area contributed by atoms with Crippen molar-refractivity contribution in [1.82, 2.24) is 0 Å². The van der Waals surface area contributed by atoms with Crippen molar-refractivity contribution in [1.29, 1.82) is 0 Å². The zero-order valence-corrected chi connectivity index (χ0v) is 9.00. The van der Waals surface area contributed by atoms with Gasteiger partial charge in [-0.1, -0.05) is 6.92 Å². The molecule has 0 aliphatic carbocycles. The number of nitrogens with zero attached hydrogens (tertiary/aromatic N) is 1. The lowest BCUT2D eigenvalue weighted by Crippen LogP contribution is -2.36. The number of halogens is 1. The summed E-state index contributed by atoms with van der Waals surface area (Å²) < 4.78 is 18.6. The van der Waals surface area contributed by atoms with Crippen LogP contribution in [0.25, 0.3) is 0 Å². The third-order valence-corrected chi connectivity index (χ3v) is 2.73. The van der Waals surface area contributed by atoms with Gasteiger partial charge in [-0.25, -0.2) is 4.39 Å². The normalized spacial score (nSPS) is 16.8. The van der Waals surface area contributed by atoms with Crippen LogP contribution in [0.3, 0.4) is 0 Å². The first-order valence-corrected chi connectivity index (χ1v) is 5.42. The number of anilines is 1. The van der Waals surface area contributed by atoms with Crippen molar-refractivity contribution in [3.63, 3.8) is 0 Å². The van der Waals surface area contributed by atoms with Crippen LogP contribution in [0.1, 0.15) is 12.5 Å². The standard InChI is InChI=1S/C12H16FNO/c1-2-10-7-11(13)9-12(8-10)14-3-5-15-6-4-14/h7-9H,2-6H2,1H3. The zero-order valence-electron chi connectivity index (χ0n) is 9.00. The lowest BCUT2D eigenvalue weighted by atomic mass is 10.1. The van der Waals surface area contributed by atoms with Crippen LogP contribution in [-0.4, -0.2) is 26.3 Å². The van der Waals surface area contributed by atoms with Gasteiger partial charge in [0.1, 0.15) is 5.82 Å². The molecule has 1 aliphatic rings. The van der Waals surface area contributed by atoms with E-state index in [1.807, 2.05) is 6.92 Å². The molecule has 0 aromatic heterocycles. The molecule has 1 aliphatic heterocycles. The van der Waals surface area contributed by atoms with Crippen molar-refractivity contribution in [2.24, 2.45) is 0 Å². The summed E-state index contributed by atoms with van der Waals surface area (Å²) in [7, 11) is 0. The average Bonchev–Trinajstić information content (AvgIpc) is 2.29. The van der Waals surface area contributed by atoms with Crippen molar-refractivity contribution in [3.05, 3.63) is 29.6 Å². The van der Waals surface area contributed by atoms with Gasteiger partial charge < -0.3 is 9.64 Å². The molecule has 82 valence electrons. The van der Waals surface area contributed by atoms with Crippen molar-refractivity contribution in [2.75, 3.05) is 31.2 Å². The summed E-state index contributed by atoms with van der Waals surface area (Å²) in [6.07, 6.45) is 0.870. The predicted molar refractivity (Wildman–Crippen MR) is 58.8 cm³/mol. The highest BCUT2D eigenvalue weighted by Crippen LogP contribution is 2.20. The van der Waals surface area contributed by atoms with Gasteiger partial charge in [0, 0.05) is 18.8 Å². The van der Waals surface area contributed by atoms with E-state index in [1.165, 1.54) is 0 Å². The Morgan fingerprint density at radius 3 is 2.67 bits per heavy atom. The minimum absolute atomic E-state index is 0.143. The lowest BCUT2D eigenvalue weighted by molar-refractivity contribution is 0.122. The van der Waals surface area contributed by atoms with Gasteiger partial charge in [0.05, 0.1) is 13.2 Å². The molecule has 2 nitrogen and oxygen atoms in total. The van der Waals surface area contributed by atoms with Crippen LogP contribution in [0.15, 0.2) is 18.2 Å². The lowest BCUT2D eigenvalue weighted by Gasteiger charge is -2.29. The van der Waals surface area contributed by atoms with E-state index in [9.17, 15) is 4.39 Å². The van der Waals surface area contributed by atoms with Crippen LogP contribution in [0, 0.1) is 5.82 Å². The Bertz CT molecular complexity index is 334. The van der Waals surface area contributed by atoms with E-state index in [-0.39, 0.29) is 5.82 Å². The molecule has 1 aromatic carbocycles. The molecular weight excluding hydrogens is 193 g/mol. The first kappa shape index (κ1) is 10.4. The van der Waals surface area contributed by atoms with Gasteiger partial charge >= 0.3 is 0 Å². The molecule has 0 unspecified atom stereocenters. The average molecular weight is 209 g/mol. The van der Waals surface area contributed by atoms with Crippen molar-refractivity contribution in [2.45, 2.75) is 13.3 Å². The molecule has 0 radical (unpaired) electrons. The fourth-order valence-electron chi connectivity index (χ4n) is 1.84. The highest BCUT2D eigenvalue weighted by molar-refractivity contribution is 5.49. The molecule has 0 bridgehead atoms. The number of ether oxygens (including phenoxy) is 1. The fraction of sp³-hybridized carbons (Fsp3) is 0.500. The summed E-state index contributed by atoms with van der Waals surface area (Å²) in [5.74, 6) is -0.143. The molecule has 1 saturated heterocycles. The molecule has 15 heavy (non-hydrogen) atoms. The Hall–Kier alpha value is -1.09. The minimum Gasteiger partial charge on any atom is -0.378 e. The summed E-state index contributed by atoms with van der Waals surface area (Å²) >= 11 is 0. The van der Waals surface area contributed by atoms with Gasteiger partial charge in [-0.3, -0.25) is 0 Å². The van der Waals surface area contributed by atoms with Crippen LogP contribution in [0.5, 0.6) is 0 Å². The van der Waals surface area contributed by atoms with Crippen molar-refractivity contribution < 1.29 is 9.13 Å². The van der Waals surface area contributed by atoms with Gasteiger partial charge in [0.15, 0.2) is 0 Å². The van der Waals surface area contributed by atoms with E-state index in [2.05, 4.69) is 11.0 Å². The number of benzene rings is 1. The number of rotatable bonds is 2. The zero-order chi connectivity index (χ0) is 10.7. The summed E-state index contributed by atoms with van der Waals surface area (Å²) in [6.45, 7) is 5.22. The second-order valence-electron chi connectivity index (χ2n) is 3.77. The Kier molecular flexibility index (Phi) is 3.21. The number of hydrogen-bond acceptors (Lipinski definition) is 2. The monoisotopic (exact) mass is 209 g/mol. The van der Waals surface area contributed by atoms with E-state index < -0.39 is 0 Å². The van der Waals surface area contributed by atoms with Gasteiger partial charge in [0.25, 0.3) is 0 Å². The second-order valence-corrected chi connectivity index (χ2v) is 3.77. The first-order chi connectivity index (χ1) is 7.29. The van der Waals surface area contributed by atoms with Gasteiger partial charge in [-0.15, -0.1) is 0 Å². The smallest absolute Gasteiger partial charge is 0.125 e. The molecule has 2 rings (SSSR count). The van der Waals surface area contributed by atoms with E-state index in [0.717, 1.165) is 44.0 Å². The molecule has 3 heteroatoms. The summed E-state index contributed by atoms with van der Waals surface area (Å²) in [4.78, 5) is 2.17. The Balaban J connectivity index is 2.22. The molecule has 1 aromatic rings. The molecular formula is C12H16FNO. The maximum atomic E-state index is 13.3.